The third-order valence-electron chi connectivity index (χ3n) is 2.15. The number of ether oxygens (including phenoxy) is 1. The highest BCUT2D eigenvalue weighted by Gasteiger charge is 2.08. The van der Waals surface area contributed by atoms with Gasteiger partial charge in [-0.15, -0.1) is 0 Å². The Hall–Kier alpha value is -0.880. The summed E-state index contributed by atoms with van der Waals surface area (Å²) in [6.07, 6.45) is 2.75. The fourth-order valence-electron chi connectivity index (χ4n) is 1.26. The lowest BCUT2D eigenvalue weighted by Crippen LogP contribution is -2.24. The average molecular weight is 289 g/mol. The second kappa shape index (κ2) is 6.65. The molecule has 0 spiro atoms. The molecule has 0 amide bonds. The number of anilines is 1. The van der Waals surface area contributed by atoms with Crippen molar-refractivity contribution in [1.29, 1.82) is 0 Å². The Morgan fingerprint density at radius 2 is 2.31 bits per heavy atom. The van der Waals surface area contributed by atoms with Crippen molar-refractivity contribution in [2.45, 2.75) is 6.42 Å². The van der Waals surface area contributed by atoms with E-state index in [2.05, 4.69) is 31.2 Å². The van der Waals surface area contributed by atoms with Gasteiger partial charge in [-0.05, 0) is 35.9 Å². The molecule has 1 heterocycles. The lowest BCUT2D eigenvalue weighted by Gasteiger charge is -2.17. The molecule has 1 N–H and O–H groups in total. The van der Waals surface area contributed by atoms with Crippen molar-refractivity contribution < 1.29 is 4.74 Å². The van der Waals surface area contributed by atoms with Crippen molar-refractivity contribution >= 4 is 21.9 Å². The smallest absolute Gasteiger partial charge is 0.232 e. The number of rotatable bonds is 6. The first kappa shape index (κ1) is 13.2. The molecule has 0 radical (unpaired) electrons. The fraction of sp³-hybridized carbons (Fsp3) is 0.600. The van der Waals surface area contributed by atoms with E-state index in [1.54, 1.807) is 13.3 Å². The van der Waals surface area contributed by atoms with Gasteiger partial charge in [0.2, 0.25) is 11.8 Å². The Bertz CT molecular complexity index is 335. The van der Waals surface area contributed by atoms with Gasteiger partial charge in [-0.3, -0.25) is 0 Å². The summed E-state index contributed by atoms with van der Waals surface area (Å²) in [5.74, 6) is 1.24. The molecule has 0 saturated heterocycles. The molecule has 16 heavy (non-hydrogen) atoms. The van der Waals surface area contributed by atoms with Crippen molar-refractivity contribution in [2.24, 2.45) is 0 Å². The van der Waals surface area contributed by atoms with Crippen molar-refractivity contribution in [3.8, 4) is 5.88 Å². The van der Waals surface area contributed by atoms with E-state index < -0.39 is 0 Å². The van der Waals surface area contributed by atoms with Crippen LogP contribution >= 0.6 is 15.9 Å². The zero-order chi connectivity index (χ0) is 12.0. The number of halogens is 1. The van der Waals surface area contributed by atoms with Gasteiger partial charge in [-0.2, -0.15) is 4.98 Å². The number of nitrogens with one attached hydrogen (secondary N) is 1. The third kappa shape index (κ3) is 3.61. The molecule has 0 aliphatic carbocycles. The monoisotopic (exact) mass is 288 g/mol. The molecule has 5 nitrogen and oxygen atoms in total. The van der Waals surface area contributed by atoms with Crippen LogP contribution in [-0.4, -0.2) is 44.3 Å². The van der Waals surface area contributed by atoms with Crippen molar-refractivity contribution in [3.63, 3.8) is 0 Å². The van der Waals surface area contributed by atoms with Crippen LogP contribution in [0.25, 0.3) is 0 Å². The van der Waals surface area contributed by atoms with Crippen LogP contribution in [0.3, 0.4) is 0 Å². The highest BCUT2D eigenvalue weighted by molar-refractivity contribution is 9.10. The van der Waals surface area contributed by atoms with Crippen LogP contribution < -0.4 is 15.0 Å². The van der Waals surface area contributed by atoms with Gasteiger partial charge >= 0.3 is 0 Å². The molecule has 0 unspecified atom stereocenters. The van der Waals surface area contributed by atoms with Gasteiger partial charge in [-0.25, -0.2) is 4.98 Å². The third-order valence-corrected chi connectivity index (χ3v) is 2.70. The summed E-state index contributed by atoms with van der Waals surface area (Å²) in [6.45, 7) is 1.89. The standard InChI is InChI=1S/C10H17BrN4O/c1-12-5-4-6-15(2)10-13-7-8(11)9(14-10)16-3/h7,12H,4-6H2,1-3H3. The lowest BCUT2D eigenvalue weighted by atomic mass is 10.4. The first-order valence-electron chi connectivity index (χ1n) is 5.11. The fourth-order valence-corrected chi connectivity index (χ4v) is 1.62. The van der Waals surface area contributed by atoms with Crippen LogP contribution in [0.1, 0.15) is 6.42 Å². The minimum atomic E-state index is 0.561. The molecule has 1 rings (SSSR count). The Balaban J connectivity index is 2.64. The minimum Gasteiger partial charge on any atom is -0.480 e. The second-order valence-corrected chi connectivity index (χ2v) is 4.26. The summed E-state index contributed by atoms with van der Waals surface area (Å²) < 4.78 is 5.89. The summed E-state index contributed by atoms with van der Waals surface area (Å²) in [5, 5.41) is 3.11. The summed E-state index contributed by atoms with van der Waals surface area (Å²) >= 11 is 3.33. The van der Waals surface area contributed by atoms with Gasteiger partial charge in [0.15, 0.2) is 0 Å². The SMILES string of the molecule is CNCCCN(C)c1ncc(Br)c(OC)n1. The number of nitrogens with zero attached hydrogens (tertiary/aromatic N) is 3. The Morgan fingerprint density at radius 3 is 2.94 bits per heavy atom. The summed E-state index contributed by atoms with van der Waals surface area (Å²) in [7, 11) is 5.51. The summed E-state index contributed by atoms with van der Waals surface area (Å²) in [4.78, 5) is 10.5. The predicted molar refractivity (Wildman–Crippen MR) is 68.1 cm³/mol. The van der Waals surface area contributed by atoms with Gasteiger partial charge in [0, 0.05) is 13.6 Å². The van der Waals surface area contributed by atoms with E-state index in [1.165, 1.54) is 0 Å². The van der Waals surface area contributed by atoms with E-state index in [-0.39, 0.29) is 0 Å². The van der Waals surface area contributed by atoms with Crippen molar-refractivity contribution in [3.05, 3.63) is 10.7 Å². The van der Waals surface area contributed by atoms with Crippen LogP contribution in [0.2, 0.25) is 0 Å². The Morgan fingerprint density at radius 1 is 1.56 bits per heavy atom. The number of aromatic nitrogens is 2. The first-order chi connectivity index (χ1) is 7.69. The van der Waals surface area contributed by atoms with E-state index in [4.69, 9.17) is 4.74 Å². The number of hydrogen-bond donors (Lipinski definition) is 1. The highest BCUT2D eigenvalue weighted by Crippen LogP contribution is 2.22. The minimum absolute atomic E-state index is 0.561. The molecular weight excluding hydrogens is 272 g/mol. The zero-order valence-corrected chi connectivity index (χ0v) is 11.4. The molecule has 0 saturated carbocycles. The van der Waals surface area contributed by atoms with Crippen molar-refractivity contribution in [1.82, 2.24) is 15.3 Å². The average Bonchev–Trinajstić information content (AvgIpc) is 2.30. The van der Waals surface area contributed by atoms with E-state index in [1.807, 2.05) is 19.0 Å². The molecule has 6 heteroatoms. The molecule has 0 aliphatic heterocycles. The van der Waals surface area contributed by atoms with Gasteiger partial charge < -0.3 is 15.0 Å². The molecular formula is C10H17BrN4O. The van der Waals surface area contributed by atoms with Crippen LogP contribution in [0.15, 0.2) is 10.7 Å². The van der Waals surface area contributed by atoms with Gasteiger partial charge in [-0.1, -0.05) is 0 Å². The maximum atomic E-state index is 5.12. The summed E-state index contributed by atoms with van der Waals surface area (Å²) in [5.41, 5.74) is 0. The van der Waals surface area contributed by atoms with Crippen LogP contribution in [-0.2, 0) is 0 Å². The topological polar surface area (TPSA) is 50.3 Å². The van der Waals surface area contributed by atoms with Crippen LogP contribution in [0, 0.1) is 0 Å². The molecule has 0 bridgehead atoms. The molecule has 1 aromatic rings. The number of hydrogen-bond acceptors (Lipinski definition) is 5. The van der Waals surface area contributed by atoms with E-state index in [0.29, 0.717) is 11.8 Å². The normalized spacial score (nSPS) is 10.2. The lowest BCUT2D eigenvalue weighted by molar-refractivity contribution is 0.394. The first-order valence-corrected chi connectivity index (χ1v) is 5.90. The number of methoxy groups -OCH3 is 1. The Labute approximate surface area is 104 Å². The van der Waals surface area contributed by atoms with Gasteiger partial charge in [0.05, 0.1) is 17.8 Å². The van der Waals surface area contributed by atoms with Gasteiger partial charge in [0.1, 0.15) is 0 Å². The quantitative estimate of drug-likeness (QED) is 0.800. The van der Waals surface area contributed by atoms with E-state index in [0.717, 1.165) is 24.0 Å². The largest absolute Gasteiger partial charge is 0.480 e. The molecule has 0 aromatic carbocycles. The molecule has 0 aliphatic rings. The maximum absolute atomic E-state index is 5.12. The van der Waals surface area contributed by atoms with Crippen LogP contribution in [0.4, 0.5) is 5.95 Å². The Kier molecular flexibility index (Phi) is 5.48. The van der Waals surface area contributed by atoms with Crippen LogP contribution in [0.5, 0.6) is 5.88 Å². The predicted octanol–water partition coefficient (Wildman–Crippen LogP) is 1.29. The molecule has 0 fully saturated rings. The molecule has 90 valence electrons. The van der Waals surface area contributed by atoms with Crippen molar-refractivity contribution in [2.75, 3.05) is 39.2 Å². The second-order valence-electron chi connectivity index (χ2n) is 3.41. The molecule has 0 atom stereocenters. The van der Waals surface area contributed by atoms with E-state index >= 15 is 0 Å². The van der Waals surface area contributed by atoms with E-state index in [9.17, 15) is 0 Å². The zero-order valence-electron chi connectivity index (χ0n) is 9.83. The highest BCUT2D eigenvalue weighted by atomic mass is 79.9. The maximum Gasteiger partial charge on any atom is 0.232 e. The van der Waals surface area contributed by atoms with Gasteiger partial charge in [0.25, 0.3) is 0 Å². The summed E-state index contributed by atoms with van der Waals surface area (Å²) in [6, 6.07) is 0. The molecule has 1 aromatic heterocycles.